The van der Waals surface area contributed by atoms with E-state index in [0.29, 0.717) is 28.8 Å². The zero-order valence-corrected chi connectivity index (χ0v) is 23.8. The van der Waals surface area contributed by atoms with E-state index in [2.05, 4.69) is 0 Å². The van der Waals surface area contributed by atoms with Crippen LogP contribution in [0.4, 0.5) is 11.4 Å². The van der Waals surface area contributed by atoms with Crippen LogP contribution in [0, 0.1) is 6.92 Å². The molecule has 0 saturated carbocycles. The first-order valence-electron chi connectivity index (χ1n) is 13.0. The number of hydrogen-bond donors (Lipinski definition) is 2. The van der Waals surface area contributed by atoms with Gasteiger partial charge in [0.15, 0.2) is 0 Å². The highest BCUT2D eigenvalue weighted by Crippen LogP contribution is 2.38. The number of nitrogens with zero attached hydrogens (tertiary/aromatic N) is 2. The van der Waals surface area contributed by atoms with Gasteiger partial charge in [0.1, 0.15) is 12.3 Å². The highest BCUT2D eigenvalue weighted by Gasteiger charge is 2.30. The summed E-state index contributed by atoms with van der Waals surface area (Å²) in [4.78, 5) is 25.5. The van der Waals surface area contributed by atoms with Gasteiger partial charge in [0.2, 0.25) is 0 Å². The minimum atomic E-state index is -4.28. The molecule has 10 heteroatoms. The predicted octanol–water partition coefficient (Wildman–Crippen LogP) is 5.31. The molecule has 214 valence electrons. The molecular weight excluding hydrogens is 544 g/mol. The number of aliphatic carboxylic acids is 2. The smallest absolute Gasteiger partial charge is 0.324 e. The summed E-state index contributed by atoms with van der Waals surface area (Å²) in [6.45, 7) is 3.46. The molecule has 0 bridgehead atoms. The van der Waals surface area contributed by atoms with Gasteiger partial charge in [-0.15, -0.1) is 0 Å². The van der Waals surface area contributed by atoms with E-state index in [1.54, 1.807) is 24.3 Å². The molecule has 0 amide bonds. The Bertz CT molecular complexity index is 1670. The average Bonchev–Trinajstić information content (AvgIpc) is 2.94. The molecule has 4 aromatic rings. The van der Waals surface area contributed by atoms with Crippen LogP contribution >= 0.6 is 0 Å². The fraction of sp³-hybridized carbons (Fsp3) is 0.226. The number of sulfonamides is 1. The largest absolute Gasteiger partial charge is 0.497 e. The highest BCUT2D eigenvalue weighted by atomic mass is 32.2. The van der Waals surface area contributed by atoms with Crippen molar-refractivity contribution in [2.45, 2.75) is 37.8 Å². The molecule has 0 aliphatic rings. The van der Waals surface area contributed by atoms with Crippen LogP contribution in [0.25, 0.3) is 10.8 Å². The van der Waals surface area contributed by atoms with Crippen molar-refractivity contribution < 1.29 is 33.0 Å². The Morgan fingerprint density at radius 1 is 0.829 bits per heavy atom. The monoisotopic (exact) mass is 576 g/mol. The summed E-state index contributed by atoms with van der Waals surface area (Å²) in [5, 5.41) is 20.5. The molecule has 4 aromatic carbocycles. The van der Waals surface area contributed by atoms with Crippen molar-refractivity contribution in [1.82, 2.24) is 0 Å². The van der Waals surface area contributed by atoms with E-state index in [1.807, 2.05) is 55.1 Å². The SMILES string of the molecule is COc1ccc(S(=O)(=O)N(CC(=O)O)c2ccc(N(Cc3ccccc3C)[C@@H](C)CC(=O)O)c3ccccc23)cc1. The third kappa shape index (κ3) is 6.44. The van der Waals surface area contributed by atoms with Gasteiger partial charge < -0.3 is 19.8 Å². The molecule has 0 unspecified atom stereocenters. The maximum atomic E-state index is 13.8. The summed E-state index contributed by atoms with van der Waals surface area (Å²) in [5.41, 5.74) is 2.98. The molecule has 9 nitrogen and oxygen atoms in total. The molecule has 0 aromatic heterocycles. The minimum Gasteiger partial charge on any atom is -0.497 e. The average molecular weight is 577 g/mol. The van der Waals surface area contributed by atoms with Crippen molar-refractivity contribution in [3.8, 4) is 5.75 Å². The van der Waals surface area contributed by atoms with Gasteiger partial charge in [-0.05, 0) is 61.4 Å². The fourth-order valence-electron chi connectivity index (χ4n) is 4.84. The first-order chi connectivity index (χ1) is 19.5. The fourth-order valence-corrected chi connectivity index (χ4v) is 6.28. The Labute approximate surface area is 239 Å². The molecule has 0 spiro atoms. The van der Waals surface area contributed by atoms with E-state index >= 15 is 0 Å². The lowest BCUT2D eigenvalue weighted by Gasteiger charge is -2.33. The number of hydrogen-bond acceptors (Lipinski definition) is 6. The second kappa shape index (κ2) is 12.3. The van der Waals surface area contributed by atoms with Crippen molar-refractivity contribution in [3.05, 3.63) is 96.1 Å². The normalized spacial score (nSPS) is 12.1. The lowest BCUT2D eigenvalue weighted by Crippen LogP contribution is -2.36. The van der Waals surface area contributed by atoms with Gasteiger partial charge in [-0.3, -0.25) is 13.9 Å². The van der Waals surface area contributed by atoms with Crippen molar-refractivity contribution in [2.24, 2.45) is 0 Å². The Hall–Kier alpha value is -4.57. The number of methoxy groups -OCH3 is 1. The Kier molecular flexibility index (Phi) is 8.83. The van der Waals surface area contributed by atoms with Crippen LogP contribution in [0.2, 0.25) is 0 Å². The quantitative estimate of drug-likeness (QED) is 0.233. The third-order valence-electron chi connectivity index (χ3n) is 6.99. The summed E-state index contributed by atoms with van der Waals surface area (Å²) in [6.07, 6.45) is -0.112. The van der Waals surface area contributed by atoms with Gasteiger partial charge in [0.25, 0.3) is 10.0 Å². The van der Waals surface area contributed by atoms with Crippen molar-refractivity contribution in [3.63, 3.8) is 0 Å². The maximum Gasteiger partial charge on any atom is 0.324 e. The Morgan fingerprint density at radius 3 is 2.00 bits per heavy atom. The number of fused-ring (bicyclic) bond motifs is 1. The molecule has 2 N–H and O–H groups in total. The molecule has 41 heavy (non-hydrogen) atoms. The number of carboxylic acids is 2. The van der Waals surface area contributed by atoms with Gasteiger partial charge in [-0.2, -0.15) is 0 Å². The molecule has 0 aliphatic carbocycles. The van der Waals surface area contributed by atoms with Gasteiger partial charge in [-0.1, -0.05) is 48.5 Å². The molecule has 4 rings (SSSR count). The van der Waals surface area contributed by atoms with Gasteiger partial charge in [0.05, 0.1) is 24.1 Å². The maximum absolute atomic E-state index is 13.8. The molecular formula is C31H32N2O7S. The Morgan fingerprint density at radius 2 is 1.41 bits per heavy atom. The summed E-state index contributed by atoms with van der Waals surface area (Å²) in [7, 11) is -2.81. The predicted molar refractivity (Wildman–Crippen MR) is 158 cm³/mol. The molecule has 0 fully saturated rings. The van der Waals surface area contributed by atoms with Crippen LogP contribution in [0.3, 0.4) is 0 Å². The van der Waals surface area contributed by atoms with Crippen LogP contribution in [0.1, 0.15) is 24.5 Å². The van der Waals surface area contributed by atoms with E-state index in [9.17, 15) is 28.2 Å². The zero-order chi connectivity index (χ0) is 29.7. The number of anilines is 2. The van der Waals surface area contributed by atoms with E-state index < -0.39 is 34.5 Å². The molecule has 0 saturated heterocycles. The van der Waals surface area contributed by atoms with Crippen LogP contribution in [-0.2, 0) is 26.2 Å². The Balaban J connectivity index is 1.89. The summed E-state index contributed by atoms with van der Waals surface area (Å²) >= 11 is 0. The lowest BCUT2D eigenvalue weighted by atomic mass is 10.0. The summed E-state index contributed by atoms with van der Waals surface area (Å²) in [5.74, 6) is -1.79. The molecule has 0 aliphatic heterocycles. The molecule has 1 atom stereocenters. The van der Waals surface area contributed by atoms with Crippen LogP contribution in [-0.4, -0.2) is 50.3 Å². The third-order valence-corrected chi connectivity index (χ3v) is 8.76. The number of ether oxygens (including phenoxy) is 1. The number of rotatable bonds is 12. The topological polar surface area (TPSA) is 124 Å². The van der Waals surface area contributed by atoms with Crippen molar-refractivity contribution in [2.75, 3.05) is 22.9 Å². The summed E-state index contributed by atoms with van der Waals surface area (Å²) < 4.78 is 33.6. The van der Waals surface area contributed by atoms with Crippen LogP contribution in [0.5, 0.6) is 5.75 Å². The van der Waals surface area contributed by atoms with E-state index in [0.717, 1.165) is 15.4 Å². The minimum absolute atomic E-state index is 0.0797. The standard InChI is InChI=1S/C31H32N2O7S/c1-21-8-4-5-9-23(21)19-32(22(2)18-30(34)35)28-16-17-29(27-11-7-6-10-26(27)28)33(20-31(36)37)41(38,39)25-14-12-24(40-3)13-15-25/h4-17,22H,18-20H2,1-3H3,(H,34,35)(H,36,37)/t22-/m0/s1. The van der Waals surface area contributed by atoms with Crippen molar-refractivity contribution >= 4 is 44.1 Å². The van der Waals surface area contributed by atoms with Crippen LogP contribution < -0.4 is 13.9 Å². The first kappa shape index (κ1) is 29.4. The van der Waals surface area contributed by atoms with E-state index in [4.69, 9.17) is 4.74 Å². The second-order valence-corrected chi connectivity index (χ2v) is 11.6. The first-order valence-corrected chi connectivity index (χ1v) is 14.4. The van der Waals surface area contributed by atoms with Crippen molar-refractivity contribution in [1.29, 1.82) is 0 Å². The highest BCUT2D eigenvalue weighted by molar-refractivity contribution is 7.92. The summed E-state index contributed by atoms with van der Waals surface area (Å²) in [6, 6.07) is 23.6. The van der Waals surface area contributed by atoms with Gasteiger partial charge >= 0.3 is 11.9 Å². The van der Waals surface area contributed by atoms with Crippen LogP contribution in [0.15, 0.2) is 89.8 Å². The van der Waals surface area contributed by atoms with E-state index in [1.165, 1.54) is 31.4 Å². The number of carboxylic acid groups (broad SMARTS) is 2. The number of carbonyl (C=O) groups is 2. The molecule has 0 heterocycles. The van der Waals surface area contributed by atoms with Gasteiger partial charge in [0, 0.05) is 29.0 Å². The van der Waals surface area contributed by atoms with Gasteiger partial charge in [-0.25, -0.2) is 8.42 Å². The van der Waals surface area contributed by atoms with E-state index in [-0.39, 0.29) is 17.0 Å². The second-order valence-electron chi connectivity index (χ2n) is 9.73. The molecule has 0 radical (unpaired) electrons. The zero-order valence-electron chi connectivity index (χ0n) is 23.0. The lowest BCUT2D eigenvalue weighted by molar-refractivity contribution is -0.137. The number of benzene rings is 4. The number of aryl methyl sites for hydroxylation is 1.